The SMILES string of the molecule is CCC(C)(C)C1CCC(NC(=O)CBr)CC1. The van der Waals surface area contributed by atoms with Gasteiger partial charge in [0.2, 0.25) is 5.91 Å². The van der Waals surface area contributed by atoms with Crippen molar-refractivity contribution in [3.05, 3.63) is 0 Å². The number of hydrogen-bond donors (Lipinski definition) is 1. The number of amides is 1. The van der Waals surface area contributed by atoms with Crippen molar-refractivity contribution in [3.8, 4) is 0 Å². The second-order valence-corrected chi connectivity index (χ2v) is 6.15. The van der Waals surface area contributed by atoms with E-state index >= 15 is 0 Å². The largest absolute Gasteiger partial charge is 0.353 e. The summed E-state index contributed by atoms with van der Waals surface area (Å²) in [6, 6.07) is 0.411. The summed E-state index contributed by atoms with van der Waals surface area (Å²) in [7, 11) is 0. The molecule has 0 aliphatic heterocycles. The average molecular weight is 290 g/mol. The number of alkyl halides is 1. The van der Waals surface area contributed by atoms with Gasteiger partial charge >= 0.3 is 0 Å². The fraction of sp³-hybridized carbons (Fsp3) is 0.923. The Morgan fingerprint density at radius 1 is 1.31 bits per heavy atom. The fourth-order valence-corrected chi connectivity index (χ4v) is 2.74. The molecule has 0 spiro atoms. The van der Waals surface area contributed by atoms with Crippen LogP contribution in [0.2, 0.25) is 0 Å². The highest BCUT2D eigenvalue weighted by Gasteiger charge is 2.31. The minimum Gasteiger partial charge on any atom is -0.353 e. The molecule has 0 bridgehead atoms. The summed E-state index contributed by atoms with van der Waals surface area (Å²) < 4.78 is 0. The number of carbonyl (C=O) groups is 1. The average Bonchev–Trinajstić information content (AvgIpc) is 2.29. The van der Waals surface area contributed by atoms with E-state index in [1.807, 2.05) is 0 Å². The van der Waals surface area contributed by atoms with E-state index in [4.69, 9.17) is 0 Å². The zero-order valence-electron chi connectivity index (χ0n) is 10.7. The topological polar surface area (TPSA) is 29.1 Å². The van der Waals surface area contributed by atoms with E-state index in [9.17, 15) is 4.79 Å². The molecule has 0 aromatic rings. The van der Waals surface area contributed by atoms with Gasteiger partial charge in [0.25, 0.3) is 0 Å². The Kier molecular flexibility index (Phi) is 5.29. The Morgan fingerprint density at radius 3 is 2.31 bits per heavy atom. The molecule has 0 unspecified atom stereocenters. The minimum atomic E-state index is 0.123. The number of hydrogen-bond acceptors (Lipinski definition) is 1. The Bertz CT molecular complexity index is 232. The quantitative estimate of drug-likeness (QED) is 0.789. The Labute approximate surface area is 108 Å². The molecule has 1 saturated carbocycles. The molecule has 94 valence electrons. The first-order valence-electron chi connectivity index (χ1n) is 6.35. The van der Waals surface area contributed by atoms with Gasteiger partial charge in [-0.05, 0) is 37.0 Å². The van der Waals surface area contributed by atoms with Crippen LogP contribution in [-0.4, -0.2) is 17.3 Å². The third-order valence-electron chi connectivity index (χ3n) is 4.23. The first kappa shape index (κ1) is 14.0. The van der Waals surface area contributed by atoms with Crippen molar-refractivity contribution in [1.29, 1.82) is 0 Å². The van der Waals surface area contributed by atoms with Gasteiger partial charge in [0.1, 0.15) is 0 Å². The van der Waals surface area contributed by atoms with Crippen LogP contribution in [0.1, 0.15) is 52.9 Å². The number of carbonyl (C=O) groups excluding carboxylic acids is 1. The van der Waals surface area contributed by atoms with Crippen LogP contribution in [0.5, 0.6) is 0 Å². The third-order valence-corrected chi connectivity index (χ3v) is 4.74. The summed E-state index contributed by atoms with van der Waals surface area (Å²) in [4.78, 5) is 11.3. The van der Waals surface area contributed by atoms with E-state index in [1.54, 1.807) is 0 Å². The maximum absolute atomic E-state index is 11.3. The van der Waals surface area contributed by atoms with Crippen LogP contribution in [0, 0.1) is 11.3 Å². The maximum Gasteiger partial charge on any atom is 0.230 e. The molecule has 3 heteroatoms. The highest BCUT2D eigenvalue weighted by Crippen LogP contribution is 2.40. The molecule has 0 aromatic carbocycles. The molecule has 2 nitrogen and oxygen atoms in total. The van der Waals surface area contributed by atoms with Gasteiger partial charge in [-0.25, -0.2) is 0 Å². The molecule has 0 saturated heterocycles. The van der Waals surface area contributed by atoms with Crippen LogP contribution in [0.15, 0.2) is 0 Å². The molecule has 1 amide bonds. The normalized spacial score (nSPS) is 26.5. The second-order valence-electron chi connectivity index (χ2n) is 5.59. The smallest absolute Gasteiger partial charge is 0.230 e. The lowest BCUT2D eigenvalue weighted by atomic mass is 9.69. The Morgan fingerprint density at radius 2 is 1.88 bits per heavy atom. The van der Waals surface area contributed by atoms with Crippen molar-refractivity contribution in [2.75, 3.05) is 5.33 Å². The van der Waals surface area contributed by atoms with Gasteiger partial charge < -0.3 is 5.32 Å². The van der Waals surface area contributed by atoms with Crippen molar-refractivity contribution in [2.45, 2.75) is 58.9 Å². The van der Waals surface area contributed by atoms with Gasteiger partial charge in [0, 0.05) is 6.04 Å². The maximum atomic E-state index is 11.3. The molecule has 1 aliphatic rings. The first-order chi connectivity index (χ1) is 7.49. The van der Waals surface area contributed by atoms with Crippen molar-refractivity contribution < 1.29 is 4.79 Å². The molecule has 1 fully saturated rings. The lowest BCUT2D eigenvalue weighted by Gasteiger charge is -2.39. The predicted molar refractivity (Wildman–Crippen MR) is 71.8 cm³/mol. The summed E-state index contributed by atoms with van der Waals surface area (Å²) in [6.07, 6.45) is 6.05. The van der Waals surface area contributed by atoms with Gasteiger partial charge in [-0.1, -0.05) is 43.1 Å². The van der Waals surface area contributed by atoms with E-state index in [0.29, 0.717) is 16.8 Å². The van der Waals surface area contributed by atoms with Gasteiger partial charge in [0.15, 0.2) is 0 Å². The molecule has 1 rings (SSSR count). The summed E-state index contributed by atoms with van der Waals surface area (Å²) in [5.41, 5.74) is 0.463. The molecule has 0 aromatic heterocycles. The third kappa shape index (κ3) is 3.76. The summed E-state index contributed by atoms with van der Waals surface area (Å²) in [6.45, 7) is 7.02. The van der Waals surface area contributed by atoms with Crippen LogP contribution >= 0.6 is 15.9 Å². The standard InChI is InChI=1S/C13H24BrNO/c1-4-13(2,3)10-5-7-11(8-6-10)15-12(16)9-14/h10-11H,4-9H2,1-3H3,(H,15,16). The zero-order valence-corrected chi connectivity index (χ0v) is 12.3. The summed E-state index contributed by atoms with van der Waals surface area (Å²) in [5, 5.41) is 3.50. The number of rotatable bonds is 4. The van der Waals surface area contributed by atoms with Crippen molar-refractivity contribution >= 4 is 21.8 Å². The molecule has 0 radical (unpaired) electrons. The van der Waals surface area contributed by atoms with E-state index < -0.39 is 0 Å². The molecule has 0 heterocycles. The van der Waals surface area contributed by atoms with Crippen molar-refractivity contribution in [1.82, 2.24) is 5.32 Å². The lowest BCUT2D eigenvalue weighted by molar-refractivity contribution is -0.119. The monoisotopic (exact) mass is 289 g/mol. The van der Waals surface area contributed by atoms with Crippen molar-refractivity contribution in [2.24, 2.45) is 11.3 Å². The Balaban J connectivity index is 2.37. The highest BCUT2D eigenvalue weighted by molar-refractivity contribution is 9.09. The van der Waals surface area contributed by atoms with Gasteiger partial charge in [-0.2, -0.15) is 0 Å². The summed E-state index contributed by atoms with van der Waals surface area (Å²) >= 11 is 3.18. The fourth-order valence-electron chi connectivity index (χ4n) is 2.57. The molecule has 16 heavy (non-hydrogen) atoms. The number of halogens is 1. The van der Waals surface area contributed by atoms with Gasteiger partial charge in [-0.3, -0.25) is 4.79 Å². The van der Waals surface area contributed by atoms with Crippen molar-refractivity contribution in [3.63, 3.8) is 0 Å². The Hall–Kier alpha value is -0.0500. The lowest BCUT2D eigenvalue weighted by Crippen LogP contribution is -2.40. The summed E-state index contributed by atoms with van der Waals surface area (Å²) in [5.74, 6) is 0.952. The van der Waals surface area contributed by atoms with E-state index in [1.165, 1.54) is 19.3 Å². The second kappa shape index (κ2) is 6.04. The molecular weight excluding hydrogens is 266 g/mol. The van der Waals surface area contributed by atoms with Crippen LogP contribution in [-0.2, 0) is 4.79 Å². The zero-order chi connectivity index (χ0) is 12.2. The van der Waals surface area contributed by atoms with Crippen LogP contribution in [0.25, 0.3) is 0 Å². The van der Waals surface area contributed by atoms with E-state index in [0.717, 1.165) is 18.8 Å². The minimum absolute atomic E-state index is 0.123. The number of nitrogens with one attached hydrogen (secondary N) is 1. The van der Waals surface area contributed by atoms with Gasteiger partial charge in [0.05, 0.1) is 5.33 Å². The van der Waals surface area contributed by atoms with E-state index in [2.05, 4.69) is 42.0 Å². The predicted octanol–water partition coefficient (Wildman–Crippen LogP) is 3.49. The molecule has 0 atom stereocenters. The van der Waals surface area contributed by atoms with E-state index in [-0.39, 0.29) is 5.91 Å². The highest BCUT2D eigenvalue weighted by atomic mass is 79.9. The molecule has 1 aliphatic carbocycles. The van der Waals surface area contributed by atoms with Crippen LogP contribution in [0.3, 0.4) is 0 Å². The first-order valence-corrected chi connectivity index (χ1v) is 7.47. The van der Waals surface area contributed by atoms with Gasteiger partial charge in [-0.15, -0.1) is 0 Å². The van der Waals surface area contributed by atoms with Crippen LogP contribution < -0.4 is 5.32 Å². The molecule has 1 N–H and O–H groups in total. The molecular formula is C13H24BrNO. The van der Waals surface area contributed by atoms with Crippen LogP contribution in [0.4, 0.5) is 0 Å².